The highest BCUT2D eigenvalue weighted by atomic mass is 16.7. The van der Waals surface area contributed by atoms with Gasteiger partial charge in [0, 0.05) is 6.42 Å². The van der Waals surface area contributed by atoms with Crippen molar-refractivity contribution < 1.29 is 15.1 Å². The smallest absolute Gasteiger partial charge is 0.347 e. The van der Waals surface area contributed by atoms with Gasteiger partial charge in [-0.15, -0.1) is 0 Å². The molecule has 66 valence electrons. The molecule has 5 nitrogen and oxygen atoms in total. The lowest BCUT2D eigenvalue weighted by Gasteiger charge is -2.20. The summed E-state index contributed by atoms with van der Waals surface area (Å²) in [7, 11) is 0. The summed E-state index contributed by atoms with van der Waals surface area (Å²) < 4.78 is 0. The molecule has 2 unspecified atom stereocenters. The molecule has 0 saturated carbocycles. The fourth-order valence-corrected chi connectivity index (χ4v) is 0.821. The summed E-state index contributed by atoms with van der Waals surface area (Å²) in [5.41, 5.74) is -2.17. The van der Waals surface area contributed by atoms with Crippen molar-refractivity contribution in [1.82, 2.24) is 0 Å². The summed E-state index contributed by atoms with van der Waals surface area (Å²) in [6.45, 7) is 2.91. The number of hydrogen-bond acceptors (Lipinski definition) is 4. The van der Waals surface area contributed by atoms with Gasteiger partial charge in [0.25, 0.3) is 0 Å². The van der Waals surface area contributed by atoms with Gasteiger partial charge in [-0.1, -0.05) is 6.92 Å². The van der Waals surface area contributed by atoms with Crippen LogP contribution in [0.15, 0.2) is 0 Å². The lowest BCUT2D eigenvalue weighted by atomic mass is 10.0. The van der Waals surface area contributed by atoms with Crippen molar-refractivity contribution in [1.29, 1.82) is 0 Å². The van der Waals surface area contributed by atoms with Crippen molar-refractivity contribution in [3.63, 3.8) is 0 Å². The van der Waals surface area contributed by atoms with E-state index in [-0.39, 0.29) is 6.42 Å². The van der Waals surface area contributed by atoms with Crippen LogP contribution in [-0.2, 0) is 0 Å². The van der Waals surface area contributed by atoms with Crippen molar-refractivity contribution in [3.8, 4) is 0 Å². The molecule has 0 radical (unpaired) electrons. The van der Waals surface area contributed by atoms with E-state index in [2.05, 4.69) is 0 Å². The topological polar surface area (TPSA) is 83.6 Å². The average molecular weight is 163 g/mol. The third-order valence-electron chi connectivity index (χ3n) is 1.60. The number of hydrogen-bond donors (Lipinski definition) is 2. The lowest BCUT2D eigenvalue weighted by Crippen LogP contribution is -2.47. The third kappa shape index (κ3) is 2.13. The maximum absolute atomic E-state index is 10.2. The second-order valence-corrected chi connectivity index (χ2v) is 2.56. The fourth-order valence-electron chi connectivity index (χ4n) is 0.821. The van der Waals surface area contributed by atoms with E-state index in [0.717, 1.165) is 0 Å². The Morgan fingerprint density at radius 2 is 2.18 bits per heavy atom. The van der Waals surface area contributed by atoms with Crippen LogP contribution in [0.4, 0.5) is 0 Å². The molecule has 0 rings (SSSR count). The normalized spacial score (nSPS) is 18.9. The maximum Gasteiger partial charge on any atom is 0.347 e. The molecule has 0 aromatic rings. The van der Waals surface area contributed by atoms with Crippen molar-refractivity contribution >= 4 is 0 Å². The standard InChI is InChI=1S/C6H13NO4/c1-3-4-6(9,5(2)8)7(10)11/h5,8-9H,3-4H2,1-2H3. The van der Waals surface area contributed by atoms with Crippen molar-refractivity contribution in [2.45, 2.75) is 38.5 Å². The predicted molar refractivity (Wildman–Crippen MR) is 38.5 cm³/mol. The Bertz CT molecular complexity index is 148. The molecule has 2 atom stereocenters. The molecular formula is C6H13NO4. The molecule has 2 N–H and O–H groups in total. The van der Waals surface area contributed by atoms with Gasteiger partial charge >= 0.3 is 5.72 Å². The van der Waals surface area contributed by atoms with Crippen molar-refractivity contribution in [2.24, 2.45) is 0 Å². The van der Waals surface area contributed by atoms with E-state index < -0.39 is 16.8 Å². The minimum Gasteiger partial charge on any atom is -0.383 e. The molecule has 0 bridgehead atoms. The van der Waals surface area contributed by atoms with Crippen LogP contribution in [0, 0.1) is 10.1 Å². The van der Waals surface area contributed by atoms with Crippen molar-refractivity contribution in [2.75, 3.05) is 0 Å². The van der Waals surface area contributed by atoms with E-state index in [1.54, 1.807) is 6.92 Å². The summed E-state index contributed by atoms with van der Waals surface area (Å²) in [5, 5.41) is 28.3. The summed E-state index contributed by atoms with van der Waals surface area (Å²) >= 11 is 0. The Labute approximate surface area is 64.8 Å². The van der Waals surface area contributed by atoms with Crippen LogP contribution in [0.25, 0.3) is 0 Å². The van der Waals surface area contributed by atoms with Gasteiger partial charge in [-0.25, -0.2) is 0 Å². The average Bonchev–Trinajstić information content (AvgIpc) is 1.87. The van der Waals surface area contributed by atoms with Gasteiger partial charge in [0.1, 0.15) is 6.10 Å². The summed E-state index contributed by atoms with van der Waals surface area (Å²) in [4.78, 5) is 9.40. The molecular weight excluding hydrogens is 150 g/mol. The monoisotopic (exact) mass is 163 g/mol. The molecule has 5 heteroatoms. The first-order chi connectivity index (χ1) is 4.95. The third-order valence-corrected chi connectivity index (χ3v) is 1.60. The zero-order valence-corrected chi connectivity index (χ0v) is 6.65. The predicted octanol–water partition coefficient (Wildman–Crippen LogP) is 0.133. The molecule has 11 heavy (non-hydrogen) atoms. The van der Waals surface area contributed by atoms with Crippen molar-refractivity contribution in [3.05, 3.63) is 10.1 Å². The van der Waals surface area contributed by atoms with Gasteiger partial charge in [0.05, 0.1) is 4.92 Å². The van der Waals surface area contributed by atoms with Gasteiger partial charge in [-0.2, -0.15) is 0 Å². The van der Waals surface area contributed by atoms with Gasteiger partial charge in [-0.3, -0.25) is 10.1 Å². The molecule has 0 aliphatic rings. The first-order valence-electron chi connectivity index (χ1n) is 3.50. The number of nitrogens with zero attached hydrogens (tertiary/aromatic N) is 1. The van der Waals surface area contributed by atoms with E-state index in [0.29, 0.717) is 6.42 Å². The second-order valence-electron chi connectivity index (χ2n) is 2.56. The Morgan fingerprint density at radius 1 is 1.73 bits per heavy atom. The number of aliphatic hydroxyl groups excluding tert-OH is 1. The Balaban J connectivity index is 4.38. The summed E-state index contributed by atoms with van der Waals surface area (Å²) in [5.74, 6) is 0. The summed E-state index contributed by atoms with van der Waals surface area (Å²) in [6, 6.07) is 0. The van der Waals surface area contributed by atoms with E-state index >= 15 is 0 Å². The van der Waals surface area contributed by atoms with Crippen LogP contribution in [0.2, 0.25) is 0 Å². The first-order valence-corrected chi connectivity index (χ1v) is 3.50. The molecule has 0 amide bonds. The van der Waals surface area contributed by atoms with Crippen LogP contribution in [0.5, 0.6) is 0 Å². The molecule has 0 aliphatic carbocycles. The van der Waals surface area contributed by atoms with Gasteiger partial charge in [-0.05, 0) is 13.3 Å². The number of rotatable bonds is 4. The molecule has 0 heterocycles. The minimum absolute atomic E-state index is 0.0301. The molecule has 0 aromatic heterocycles. The molecule has 0 saturated heterocycles. The largest absolute Gasteiger partial charge is 0.383 e. The first kappa shape index (κ1) is 10.3. The van der Waals surface area contributed by atoms with E-state index in [1.165, 1.54) is 6.92 Å². The SMILES string of the molecule is CCCC(O)(C(C)O)[N+](=O)[O-]. The molecule has 0 spiro atoms. The summed E-state index contributed by atoms with van der Waals surface area (Å²) in [6.07, 6.45) is -0.905. The Kier molecular flexibility index (Phi) is 3.41. The van der Waals surface area contributed by atoms with E-state index in [9.17, 15) is 15.2 Å². The van der Waals surface area contributed by atoms with Crippen LogP contribution in [0.3, 0.4) is 0 Å². The lowest BCUT2D eigenvalue weighted by molar-refractivity contribution is -0.638. The zero-order valence-electron chi connectivity index (χ0n) is 6.65. The Morgan fingerprint density at radius 3 is 2.27 bits per heavy atom. The molecule has 0 aliphatic heterocycles. The highest BCUT2D eigenvalue weighted by Gasteiger charge is 2.44. The maximum atomic E-state index is 10.2. The van der Waals surface area contributed by atoms with Gasteiger partial charge in [0.15, 0.2) is 0 Å². The van der Waals surface area contributed by atoms with E-state index in [1.807, 2.05) is 0 Å². The van der Waals surface area contributed by atoms with E-state index in [4.69, 9.17) is 5.11 Å². The highest BCUT2D eigenvalue weighted by Crippen LogP contribution is 2.17. The van der Waals surface area contributed by atoms with Crippen LogP contribution < -0.4 is 0 Å². The zero-order chi connectivity index (χ0) is 9.07. The van der Waals surface area contributed by atoms with Crippen LogP contribution >= 0.6 is 0 Å². The number of aliphatic hydroxyl groups is 2. The van der Waals surface area contributed by atoms with Gasteiger partial charge < -0.3 is 10.2 Å². The minimum atomic E-state index is -2.17. The van der Waals surface area contributed by atoms with Crippen LogP contribution in [0.1, 0.15) is 26.7 Å². The number of nitro groups is 1. The molecule has 0 fully saturated rings. The fraction of sp³-hybridized carbons (Fsp3) is 1.00. The van der Waals surface area contributed by atoms with Gasteiger partial charge in [0.2, 0.25) is 0 Å². The molecule has 0 aromatic carbocycles. The second kappa shape index (κ2) is 3.64. The quantitative estimate of drug-likeness (QED) is 0.350. The van der Waals surface area contributed by atoms with Crippen LogP contribution in [-0.4, -0.2) is 27.0 Å². The Hall–Kier alpha value is -0.680. The highest BCUT2D eigenvalue weighted by molar-refractivity contribution is 4.71.